The van der Waals surface area contributed by atoms with Crippen molar-refractivity contribution in [2.75, 3.05) is 5.32 Å². The number of rotatable bonds is 6. The summed E-state index contributed by atoms with van der Waals surface area (Å²) >= 11 is 1.34. The summed E-state index contributed by atoms with van der Waals surface area (Å²) in [6.07, 6.45) is -0.818. The number of nitrogens with one attached hydrogen (secondary N) is 3. The third-order valence-corrected chi connectivity index (χ3v) is 5.72. The Kier molecular flexibility index (Phi) is 6.66. The highest BCUT2D eigenvalue weighted by Crippen LogP contribution is 2.21. The zero-order valence-corrected chi connectivity index (χ0v) is 18.5. The maximum Gasteiger partial charge on any atom is 0.279 e. The number of anilines is 1. The van der Waals surface area contributed by atoms with Crippen LogP contribution in [-0.4, -0.2) is 23.8 Å². The maximum absolute atomic E-state index is 12.3. The topological polar surface area (TPSA) is 96.5 Å². The summed E-state index contributed by atoms with van der Waals surface area (Å²) in [4.78, 5) is 37.4. The van der Waals surface area contributed by atoms with E-state index in [4.69, 9.17) is 4.74 Å². The molecule has 0 spiro atoms. The minimum Gasteiger partial charge on any atom is -0.481 e. The van der Waals surface area contributed by atoms with E-state index in [0.29, 0.717) is 21.9 Å². The Hall–Kier alpha value is -4.17. The quantitative estimate of drug-likeness (QED) is 0.373. The monoisotopic (exact) mass is 459 g/mol. The van der Waals surface area contributed by atoms with Gasteiger partial charge in [-0.1, -0.05) is 36.4 Å². The van der Waals surface area contributed by atoms with Crippen LogP contribution in [0.4, 0.5) is 5.69 Å². The fraction of sp³-hybridized carbons (Fsp3) is 0.0800. The van der Waals surface area contributed by atoms with Crippen LogP contribution in [-0.2, 0) is 4.79 Å². The van der Waals surface area contributed by atoms with Crippen LogP contribution in [0.25, 0.3) is 10.8 Å². The Morgan fingerprint density at radius 1 is 0.818 bits per heavy atom. The normalized spacial score (nSPS) is 11.4. The van der Waals surface area contributed by atoms with E-state index < -0.39 is 17.9 Å². The molecule has 0 aliphatic rings. The van der Waals surface area contributed by atoms with Gasteiger partial charge in [0.15, 0.2) is 6.10 Å². The first-order valence-electron chi connectivity index (χ1n) is 10.2. The average Bonchev–Trinajstić information content (AvgIpc) is 3.38. The second-order valence-corrected chi connectivity index (χ2v) is 8.17. The Balaban J connectivity index is 1.28. The molecule has 1 aromatic heterocycles. The van der Waals surface area contributed by atoms with Crippen molar-refractivity contribution in [2.45, 2.75) is 13.0 Å². The smallest absolute Gasteiger partial charge is 0.279 e. The van der Waals surface area contributed by atoms with Gasteiger partial charge in [0.05, 0.1) is 4.88 Å². The highest BCUT2D eigenvalue weighted by atomic mass is 32.1. The van der Waals surface area contributed by atoms with Gasteiger partial charge >= 0.3 is 0 Å². The summed E-state index contributed by atoms with van der Waals surface area (Å²) in [7, 11) is 0. The number of hydrazine groups is 1. The van der Waals surface area contributed by atoms with Crippen molar-refractivity contribution >= 4 is 45.5 Å². The van der Waals surface area contributed by atoms with Crippen molar-refractivity contribution in [3.8, 4) is 5.75 Å². The van der Waals surface area contributed by atoms with E-state index in [1.807, 2.05) is 41.8 Å². The number of hydrogen-bond donors (Lipinski definition) is 3. The van der Waals surface area contributed by atoms with Crippen LogP contribution >= 0.6 is 11.3 Å². The lowest BCUT2D eigenvalue weighted by Crippen LogP contribution is -2.47. The van der Waals surface area contributed by atoms with Gasteiger partial charge in [0.2, 0.25) is 0 Å². The Labute approximate surface area is 194 Å². The molecule has 3 N–H and O–H groups in total. The van der Waals surface area contributed by atoms with Crippen molar-refractivity contribution in [1.82, 2.24) is 10.9 Å². The van der Waals surface area contributed by atoms with E-state index >= 15 is 0 Å². The molecule has 0 aliphatic heterocycles. The van der Waals surface area contributed by atoms with Crippen LogP contribution in [0.3, 0.4) is 0 Å². The van der Waals surface area contributed by atoms with E-state index in [0.717, 1.165) is 10.8 Å². The molecule has 0 aliphatic carbocycles. The summed E-state index contributed by atoms with van der Waals surface area (Å²) < 4.78 is 5.70. The largest absolute Gasteiger partial charge is 0.481 e. The predicted molar refractivity (Wildman–Crippen MR) is 128 cm³/mol. The lowest BCUT2D eigenvalue weighted by molar-refractivity contribution is -0.128. The van der Waals surface area contributed by atoms with Gasteiger partial charge in [-0.3, -0.25) is 25.2 Å². The molecule has 1 atom stereocenters. The molecule has 0 saturated carbocycles. The van der Waals surface area contributed by atoms with Crippen LogP contribution in [0, 0.1) is 0 Å². The van der Waals surface area contributed by atoms with E-state index in [-0.39, 0.29) is 5.91 Å². The van der Waals surface area contributed by atoms with Crippen LogP contribution in [0.2, 0.25) is 0 Å². The van der Waals surface area contributed by atoms with Gasteiger partial charge in [-0.05, 0) is 65.5 Å². The van der Waals surface area contributed by atoms with Crippen molar-refractivity contribution in [3.05, 3.63) is 94.7 Å². The van der Waals surface area contributed by atoms with Crippen LogP contribution < -0.4 is 20.9 Å². The second kappa shape index (κ2) is 9.97. The zero-order valence-electron chi connectivity index (χ0n) is 17.7. The summed E-state index contributed by atoms with van der Waals surface area (Å²) in [5.74, 6) is -0.633. The minimum absolute atomic E-state index is 0.213. The molecule has 3 aromatic carbocycles. The second-order valence-electron chi connectivity index (χ2n) is 7.22. The molecule has 0 fully saturated rings. The summed E-state index contributed by atoms with van der Waals surface area (Å²) in [6.45, 7) is 1.60. The van der Waals surface area contributed by atoms with Crippen molar-refractivity contribution < 1.29 is 19.1 Å². The Morgan fingerprint density at radius 3 is 2.30 bits per heavy atom. The van der Waals surface area contributed by atoms with Gasteiger partial charge in [-0.25, -0.2) is 0 Å². The van der Waals surface area contributed by atoms with Gasteiger partial charge in [0.25, 0.3) is 17.7 Å². The van der Waals surface area contributed by atoms with Gasteiger partial charge in [-0.15, -0.1) is 11.3 Å². The van der Waals surface area contributed by atoms with Gasteiger partial charge in [-0.2, -0.15) is 0 Å². The number of amides is 3. The fourth-order valence-corrected chi connectivity index (χ4v) is 3.71. The molecular weight excluding hydrogens is 438 g/mol. The third kappa shape index (κ3) is 5.55. The van der Waals surface area contributed by atoms with Gasteiger partial charge in [0, 0.05) is 11.3 Å². The molecule has 1 unspecified atom stereocenters. The van der Waals surface area contributed by atoms with Crippen LogP contribution in [0.15, 0.2) is 84.2 Å². The highest BCUT2D eigenvalue weighted by Gasteiger charge is 2.16. The summed E-state index contributed by atoms with van der Waals surface area (Å²) in [6, 6.07) is 23.3. The molecule has 1 heterocycles. The van der Waals surface area contributed by atoms with Crippen LogP contribution in [0.5, 0.6) is 5.75 Å². The molecule has 4 rings (SSSR count). The molecular formula is C25H21N3O4S. The molecule has 0 saturated heterocycles. The van der Waals surface area contributed by atoms with Crippen molar-refractivity contribution in [2.24, 2.45) is 0 Å². The van der Waals surface area contributed by atoms with E-state index in [1.54, 1.807) is 49.4 Å². The molecule has 8 heteroatoms. The third-order valence-electron chi connectivity index (χ3n) is 4.85. The number of benzene rings is 3. The number of ether oxygens (including phenoxy) is 1. The molecule has 0 bridgehead atoms. The first kappa shape index (κ1) is 22.0. The van der Waals surface area contributed by atoms with Crippen LogP contribution in [0.1, 0.15) is 27.0 Å². The molecule has 0 radical (unpaired) electrons. The molecule has 3 amide bonds. The first-order valence-corrected chi connectivity index (χ1v) is 11.1. The first-order chi connectivity index (χ1) is 16.0. The minimum atomic E-state index is -0.818. The number of fused-ring (bicyclic) bond motifs is 1. The van der Waals surface area contributed by atoms with Gasteiger partial charge in [0.1, 0.15) is 5.75 Å². The summed E-state index contributed by atoms with van der Waals surface area (Å²) in [5.41, 5.74) is 5.63. The lowest BCUT2D eigenvalue weighted by atomic mass is 10.1. The maximum atomic E-state index is 12.3. The number of carbonyl (C=O) groups is 3. The van der Waals surface area contributed by atoms with E-state index in [1.165, 1.54) is 11.3 Å². The number of hydrogen-bond acceptors (Lipinski definition) is 5. The van der Waals surface area contributed by atoms with E-state index in [9.17, 15) is 14.4 Å². The number of thiophene rings is 1. The van der Waals surface area contributed by atoms with E-state index in [2.05, 4.69) is 16.2 Å². The lowest BCUT2D eigenvalue weighted by Gasteiger charge is -2.15. The molecule has 4 aromatic rings. The average molecular weight is 460 g/mol. The molecule has 33 heavy (non-hydrogen) atoms. The van der Waals surface area contributed by atoms with Gasteiger partial charge < -0.3 is 10.1 Å². The SMILES string of the molecule is CC(Oc1ccc2ccccc2c1)C(=O)NNC(=O)c1ccc(NC(=O)c2cccs2)cc1. The standard InChI is InChI=1S/C25H21N3O4S/c1-16(32-21-13-10-17-5-2-3-6-19(17)15-21)23(29)27-28-24(30)18-8-11-20(12-9-18)26-25(31)22-7-4-14-33-22/h2-16H,1H3,(H,26,31)(H,27,29)(H,28,30). The predicted octanol–water partition coefficient (Wildman–Crippen LogP) is 4.38. The Morgan fingerprint density at radius 2 is 1.58 bits per heavy atom. The summed E-state index contributed by atoms with van der Waals surface area (Å²) in [5, 5.41) is 6.67. The zero-order chi connectivity index (χ0) is 23.2. The van der Waals surface area contributed by atoms with Crippen molar-refractivity contribution in [3.63, 3.8) is 0 Å². The highest BCUT2D eigenvalue weighted by molar-refractivity contribution is 7.12. The fourth-order valence-electron chi connectivity index (χ4n) is 3.10. The Bertz CT molecular complexity index is 1290. The number of carbonyl (C=O) groups excluding carboxylic acids is 3. The van der Waals surface area contributed by atoms with Crippen molar-refractivity contribution in [1.29, 1.82) is 0 Å². The molecule has 166 valence electrons. The molecule has 7 nitrogen and oxygen atoms in total.